The first kappa shape index (κ1) is 18.7. The van der Waals surface area contributed by atoms with Gasteiger partial charge >= 0.3 is 0 Å². The van der Waals surface area contributed by atoms with Crippen LogP contribution in [0, 0.1) is 0 Å². The first-order valence-corrected chi connectivity index (χ1v) is 9.62. The molecule has 1 aromatic heterocycles. The zero-order valence-electron chi connectivity index (χ0n) is 16.4. The van der Waals surface area contributed by atoms with Gasteiger partial charge in [-0.25, -0.2) is 4.68 Å². The average molecular weight is 389 g/mol. The second-order valence-corrected chi connectivity index (χ2v) is 6.79. The first-order valence-electron chi connectivity index (χ1n) is 9.62. The van der Waals surface area contributed by atoms with Crippen LogP contribution in [-0.4, -0.2) is 27.8 Å². The third-order valence-electron chi connectivity index (χ3n) is 4.74. The van der Waals surface area contributed by atoms with Gasteiger partial charge in [0.15, 0.2) is 0 Å². The Morgan fingerprint density at radius 2 is 1.93 bits per heavy atom. The molecule has 148 valence electrons. The van der Waals surface area contributed by atoms with Crippen molar-refractivity contribution in [2.75, 3.05) is 17.7 Å². The summed E-state index contributed by atoms with van der Waals surface area (Å²) in [6.07, 6.45) is 3.31. The van der Waals surface area contributed by atoms with Crippen LogP contribution in [0.15, 0.2) is 60.7 Å². The van der Waals surface area contributed by atoms with E-state index in [4.69, 9.17) is 4.74 Å². The van der Waals surface area contributed by atoms with Crippen molar-refractivity contribution in [3.05, 3.63) is 71.8 Å². The molecule has 1 aliphatic rings. The summed E-state index contributed by atoms with van der Waals surface area (Å²) in [7, 11) is 1.65. The van der Waals surface area contributed by atoms with Gasteiger partial charge in [0.2, 0.25) is 11.9 Å². The van der Waals surface area contributed by atoms with E-state index in [0.29, 0.717) is 18.3 Å². The van der Waals surface area contributed by atoms with Crippen molar-refractivity contribution in [1.82, 2.24) is 14.8 Å². The lowest BCUT2D eigenvalue weighted by molar-refractivity contribution is -0.116. The minimum absolute atomic E-state index is 0.0901. The molecule has 0 bridgehead atoms. The van der Waals surface area contributed by atoms with Crippen molar-refractivity contribution < 1.29 is 9.53 Å². The lowest BCUT2D eigenvalue weighted by Gasteiger charge is -2.24. The highest BCUT2D eigenvalue weighted by molar-refractivity contribution is 5.89. The van der Waals surface area contributed by atoms with Gasteiger partial charge in [-0.1, -0.05) is 49.4 Å². The van der Waals surface area contributed by atoms with E-state index >= 15 is 0 Å². The van der Waals surface area contributed by atoms with Gasteiger partial charge in [-0.3, -0.25) is 10.1 Å². The Hall–Kier alpha value is -3.61. The number of ether oxygens (including phenoxy) is 1. The molecular weight excluding hydrogens is 366 g/mol. The number of methoxy groups -OCH3 is 1. The number of aromatic nitrogens is 3. The van der Waals surface area contributed by atoms with Crippen molar-refractivity contribution in [3.63, 3.8) is 0 Å². The molecule has 2 N–H and O–H groups in total. The van der Waals surface area contributed by atoms with Gasteiger partial charge in [-0.2, -0.15) is 4.98 Å². The van der Waals surface area contributed by atoms with Crippen LogP contribution in [-0.2, 0) is 4.79 Å². The number of nitrogens with zero attached hydrogens (tertiary/aromatic N) is 3. The standard InChI is InChI=1S/C22H23N5O2/c1-3-7-20(28)24-21-25-22-23-18(15-8-5-4-6-9-15)14-19(27(22)26-21)16-10-12-17(29-2)13-11-16/h4-6,8-14,19H,3,7H2,1-2H3,(H2,23,24,25,26,28)/t19-/m0/s1. The maximum atomic E-state index is 12.0. The molecule has 2 aromatic carbocycles. The average Bonchev–Trinajstić information content (AvgIpc) is 3.16. The summed E-state index contributed by atoms with van der Waals surface area (Å²) in [5.41, 5.74) is 3.04. The van der Waals surface area contributed by atoms with Gasteiger partial charge in [0.1, 0.15) is 11.8 Å². The Morgan fingerprint density at radius 1 is 1.17 bits per heavy atom. The molecule has 1 atom stereocenters. The molecule has 4 rings (SSSR count). The molecule has 29 heavy (non-hydrogen) atoms. The molecule has 7 nitrogen and oxygen atoms in total. The van der Waals surface area contributed by atoms with Crippen LogP contribution in [0.25, 0.3) is 5.70 Å². The number of rotatable bonds is 6. The number of anilines is 2. The van der Waals surface area contributed by atoms with Crippen LogP contribution < -0.4 is 15.4 Å². The van der Waals surface area contributed by atoms with Gasteiger partial charge < -0.3 is 10.1 Å². The molecule has 1 aliphatic heterocycles. The molecule has 2 heterocycles. The summed E-state index contributed by atoms with van der Waals surface area (Å²) in [6.45, 7) is 1.96. The summed E-state index contributed by atoms with van der Waals surface area (Å²) in [5.74, 6) is 1.58. The number of carbonyl (C=O) groups excluding carboxylic acids is 1. The smallest absolute Gasteiger partial charge is 0.250 e. The fourth-order valence-corrected chi connectivity index (χ4v) is 3.28. The second kappa shape index (κ2) is 8.18. The highest BCUT2D eigenvalue weighted by Gasteiger charge is 2.25. The van der Waals surface area contributed by atoms with E-state index in [1.165, 1.54) is 0 Å². The lowest BCUT2D eigenvalue weighted by Crippen LogP contribution is -2.20. The number of nitrogens with one attached hydrogen (secondary N) is 2. The van der Waals surface area contributed by atoms with E-state index in [0.717, 1.165) is 29.0 Å². The first-order chi connectivity index (χ1) is 14.2. The molecule has 1 amide bonds. The number of carbonyl (C=O) groups is 1. The van der Waals surface area contributed by atoms with Crippen molar-refractivity contribution >= 4 is 23.5 Å². The minimum atomic E-state index is -0.170. The van der Waals surface area contributed by atoms with Crippen LogP contribution in [0.5, 0.6) is 5.75 Å². The number of hydrogen-bond donors (Lipinski definition) is 2. The maximum absolute atomic E-state index is 12.0. The topological polar surface area (TPSA) is 81.1 Å². The summed E-state index contributed by atoms with van der Waals surface area (Å²) in [4.78, 5) is 16.5. The highest BCUT2D eigenvalue weighted by atomic mass is 16.5. The van der Waals surface area contributed by atoms with E-state index in [1.807, 2.05) is 61.5 Å². The van der Waals surface area contributed by atoms with Crippen molar-refractivity contribution in [3.8, 4) is 5.75 Å². The lowest BCUT2D eigenvalue weighted by atomic mass is 10.0. The van der Waals surface area contributed by atoms with Gasteiger partial charge in [0.05, 0.1) is 7.11 Å². The molecule has 7 heteroatoms. The molecule has 0 radical (unpaired) electrons. The van der Waals surface area contributed by atoms with Gasteiger partial charge in [0.25, 0.3) is 5.95 Å². The molecule has 0 saturated heterocycles. The fourth-order valence-electron chi connectivity index (χ4n) is 3.28. The van der Waals surface area contributed by atoms with Crippen LogP contribution in [0.4, 0.5) is 11.9 Å². The quantitative estimate of drug-likeness (QED) is 0.664. The monoisotopic (exact) mass is 389 g/mol. The van der Waals surface area contributed by atoms with Crippen molar-refractivity contribution in [2.24, 2.45) is 0 Å². The van der Waals surface area contributed by atoms with Gasteiger partial charge in [0, 0.05) is 12.1 Å². The Labute approximate surface area is 169 Å². The summed E-state index contributed by atoms with van der Waals surface area (Å²) < 4.78 is 7.06. The van der Waals surface area contributed by atoms with E-state index < -0.39 is 0 Å². The Bertz CT molecular complexity index is 1030. The van der Waals surface area contributed by atoms with Gasteiger partial charge in [-0.05, 0) is 35.8 Å². The van der Waals surface area contributed by atoms with Crippen LogP contribution in [0.2, 0.25) is 0 Å². The van der Waals surface area contributed by atoms with Crippen molar-refractivity contribution in [1.29, 1.82) is 0 Å². The molecular formula is C22H23N5O2. The van der Waals surface area contributed by atoms with E-state index in [9.17, 15) is 4.79 Å². The summed E-state index contributed by atoms with van der Waals surface area (Å²) in [5, 5.41) is 10.7. The normalized spacial score (nSPS) is 15.1. The third kappa shape index (κ3) is 3.99. The van der Waals surface area contributed by atoms with E-state index in [-0.39, 0.29) is 11.9 Å². The van der Waals surface area contributed by atoms with E-state index in [1.54, 1.807) is 11.8 Å². The van der Waals surface area contributed by atoms with Crippen LogP contribution >= 0.6 is 0 Å². The molecule has 0 fully saturated rings. The number of fused-ring (bicyclic) bond motifs is 1. The third-order valence-corrected chi connectivity index (χ3v) is 4.74. The van der Waals surface area contributed by atoms with Crippen molar-refractivity contribution in [2.45, 2.75) is 25.8 Å². The number of benzene rings is 2. The zero-order chi connectivity index (χ0) is 20.2. The molecule has 3 aromatic rings. The second-order valence-electron chi connectivity index (χ2n) is 6.79. The minimum Gasteiger partial charge on any atom is -0.497 e. The Kier molecular flexibility index (Phi) is 5.29. The number of hydrogen-bond acceptors (Lipinski definition) is 5. The molecule has 0 saturated carbocycles. The Balaban J connectivity index is 1.72. The van der Waals surface area contributed by atoms with E-state index in [2.05, 4.69) is 26.8 Å². The fraction of sp³-hybridized carbons (Fsp3) is 0.227. The van der Waals surface area contributed by atoms with Gasteiger partial charge in [-0.15, -0.1) is 5.10 Å². The van der Waals surface area contributed by atoms with Crippen LogP contribution in [0.1, 0.15) is 36.9 Å². The molecule has 0 aliphatic carbocycles. The predicted molar refractivity (Wildman–Crippen MR) is 113 cm³/mol. The maximum Gasteiger partial charge on any atom is 0.250 e. The van der Waals surface area contributed by atoms with Crippen LogP contribution in [0.3, 0.4) is 0 Å². The number of allylic oxidation sites excluding steroid dienone is 1. The molecule has 0 unspecified atom stereocenters. The Morgan fingerprint density at radius 3 is 2.62 bits per heavy atom. The largest absolute Gasteiger partial charge is 0.497 e. The zero-order valence-corrected chi connectivity index (χ0v) is 16.4. The predicted octanol–water partition coefficient (Wildman–Crippen LogP) is 4.08. The summed E-state index contributed by atoms with van der Waals surface area (Å²) in [6, 6.07) is 17.8. The SMILES string of the molecule is CCCC(=O)Nc1nc2n(n1)[C@H](c1ccc(OC)cc1)C=C(c1ccccc1)N2. The number of amides is 1. The summed E-state index contributed by atoms with van der Waals surface area (Å²) >= 11 is 0. The highest BCUT2D eigenvalue weighted by Crippen LogP contribution is 2.33. The molecule has 0 spiro atoms.